The number of amides is 3. The van der Waals surface area contributed by atoms with E-state index in [4.69, 9.17) is 5.11 Å². The molecule has 7 heteroatoms. The highest BCUT2D eigenvalue weighted by Crippen LogP contribution is 2.48. The molecule has 3 amide bonds. The van der Waals surface area contributed by atoms with Gasteiger partial charge in [0.2, 0.25) is 5.91 Å². The second-order valence-corrected chi connectivity index (χ2v) is 6.02. The molecule has 1 saturated carbocycles. The average Bonchev–Trinajstić information content (AvgIpc) is 2.74. The van der Waals surface area contributed by atoms with Crippen LogP contribution in [-0.2, 0) is 16.1 Å². The second kappa shape index (κ2) is 3.94. The number of carbonyl (C=O) groups is 4. The number of carbonyl (C=O) groups excluding carboxylic acids is 3. The summed E-state index contributed by atoms with van der Waals surface area (Å²) < 4.78 is 0. The molecule has 1 aliphatic carbocycles. The van der Waals surface area contributed by atoms with Crippen molar-refractivity contribution in [1.29, 1.82) is 0 Å². The van der Waals surface area contributed by atoms with Gasteiger partial charge in [-0.15, -0.1) is 0 Å². The molecule has 2 bridgehead atoms. The van der Waals surface area contributed by atoms with Gasteiger partial charge >= 0.3 is 5.97 Å². The fraction of sp³-hybridized carbons (Fsp3) is 0.333. The van der Waals surface area contributed by atoms with Crippen LogP contribution in [0.15, 0.2) is 18.2 Å². The Morgan fingerprint density at radius 1 is 1.27 bits per heavy atom. The molecule has 3 heterocycles. The molecule has 1 aromatic rings. The molecular formula is C15H12N2O5. The second-order valence-electron chi connectivity index (χ2n) is 6.02. The highest BCUT2D eigenvalue weighted by atomic mass is 16.4. The molecule has 22 heavy (non-hydrogen) atoms. The van der Waals surface area contributed by atoms with Crippen molar-refractivity contribution in [2.24, 2.45) is 5.92 Å². The molecule has 4 aliphatic rings. The Labute approximate surface area is 124 Å². The van der Waals surface area contributed by atoms with Crippen LogP contribution >= 0.6 is 0 Å². The third-order valence-electron chi connectivity index (χ3n) is 4.87. The van der Waals surface area contributed by atoms with Gasteiger partial charge in [0.05, 0.1) is 5.56 Å². The maximum Gasteiger partial charge on any atom is 0.335 e. The van der Waals surface area contributed by atoms with Crippen molar-refractivity contribution in [3.63, 3.8) is 0 Å². The Bertz CT molecular complexity index is 763. The summed E-state index contributed by atoms with van der Waals surface area (Å²) in [4.78, 5) is 48.8. The van der Waals surface area contributed by atoms with E-state index in [1.165, 1.54) is 23.1 Å². The number of benzene rings is 1. The highest BCUT2D eigenvalue weighted by Gasteiger charge is 2.62. The summed E-state index contributed by atoms with van der Waals surface area (Å²) in [6, 6.07) is 4.34. The largest absolute Gasteiger partial charge is 0.478 e. The number of aromatic carboxylic acids is 1. The molecule has 112 valence electrons. The van der Waals surface area contributed by atoms with E-state index in [-0.39, 0.29) is 29.8 Å². The molecule has 2 N–H and O–H groups in total. The first-order valence-corrected chi connectivity index (χ1v) is 6.96. The molecule has 0 radical (unpaired) electrons. The predicted octanol–water partition coefficient (Wildman–Crippen LogP) is 0.146. The Morgan fingerprint density at radius 2 is 2.00 bits per heavy atom. The summed E-state index contributed by atoms with van der Waals surface area (Å²) >= 11 is 0. The molecule has 2 saturated heterocycles. The number of carboxylic acids is 1. The number of nitrogens with one attached hydrogen (secondary N) is 1. The standard InChI is InChI=1S/C15H12N2O5/c18-11-9-4-15(5-9,14(22)16-11)17-6-8-3-7(13(20)21)1-2-10(8)12(17)19/h1-3,9H,4-6H2,(H,20,21)(H,16,18,22). The summed E-state index contributed by atoms with van der Waals surface area (Å²) in [5.41, 5.74) is 0.179. The third kappa shape index (κ3) is 1.45. The molecule has 3 fully saturated rings. The molecule has 0 spiro atoms. The first-order chi connectivity index (χ1) is 10.4. The van der Waals surface area contributed by atoms with E-state index in [0.29, 0.717) is 24.0 Å². The van der Waals surface area contributed by atoms with Crippen LogP contribution in [-0.4, -0.2) is 39.2 Å². The number of hydrogen-bond acceptors (Lipinski definition) is 4. The summed E-state index contributed by atoms with van der Waals surface area (Å²) in [7, 11) is 0. The monoisotopic (exact) mass is 300 g/mol. The van der Waals surface area contributed by atoms with Crippen molar-refractivity contribution in [2.45, 2.75) is 24.9 Å². The van der Waals surface area contributed by atoms with Gasteiger partial charge in [-0.05, 0) is 36.6 Å². The molecule has 7 nitrogen and oxygen atoms in total. The van der Waals surface area contributed by atoms with Crippen LogP contribution in [0.5, 0.6) is 0 Å². The van der Waals surface area contributed by atoms with Crippen LogP contribution < -0.4 is 5.32 Å². The maximum atomic E-state index is 12.5. The Hall–Kier alpha value is -2.70. The number of carboxylic acid groups (broad SMARTS) is 1. The van der Waals surface area contributed by atoms with Crippen LogP contribution in [0.4, 0.5) is 0 Å². The van der Waals surface area contributed by atoms with Crippen molar-refractivity contribution in [2.75, 3.05) is 0 Å². The quantitative estimate of drug-likeness (QED) is 0.756. The topological polar surface area (TPSA) is 104 Å². The van der Waals surface area contributed by atoms with Gasteiger partial charge < -0.3 is 10.0 Å². The van der Waals surface area contributed by atoms with Gasteiger partial charge in [0, 0.05) is 18.0 Å². The smallest absolute Gasteiger partial charge is 0.335 e. The number of rotatable bonds is 2. The lowest BCUT2D eigenvalue weighted by Crippen LogP contribution is -2.73. The normalized spacial score (nSPS) is 29.0. The zero-order valence-corrected chi connectivity index (χ0v) is 11.5. The minimum absolute atomic E-state index is 0.112. The lowest BCUT2D eigenvalue weighted by atomic mass is 9.63. The van der Waals surface area contributed by atoms with Gasteiger partial charge in [0.15, 0.2) is 0 Å². The summed E-state index contributed by atoms with van der Waals surface area (Å²) in [6.07, 6.45) is 0.701. The number of piperidine rings is 2. The van der Waals surface area contributed by atoms with Crippen molar-refractivity contribution in [1.82, 2.24) is 10.2 Å². The lowest BCUT2D eigenvalue weighted by Gasteiger charge is -2.53. The number of nitrogens with zero attached hydrogens (tertiary/aromatic N) is 1. The molecule has 0 aromatic heterocycles. The van der Waals surface area contributed by atoms with E-state index in [0.717, 1.165) is 0 Å². The van der Waals surface area contributed by atoms with E-state index in [9.17, 15) is 19.2 Å². The minimum Gasteiger partial charge on any atom is -0.478 e. The van der Waals surface area contributed by atoms with Gasteiger partial charge in [0.1, 0.15) is 5.54 Å². The Balaban J connectivity index is 1.69. The van der Waals surface area contributed by atoms with Crippen molar-refractivity contribution >= 4 is 23.7 Å². The van der Waals surface area contributed by atoms with E-state index in [2.05, 4.69) is 5.32 Å². The molecule has 5 rings (SSSR count). The summed E-state index contributed by atoms with van der Waals surface area (Å²) in [5.74, 6) is -2.26. The highest BCUT2D eigenvalue weighted by molar-refractivity contribution is 6.11. The number of imide groups is 1. The zero-order valence-electron chi connectivity index (χ0n) is 11.5. The van der Waals surface area contributed by atoms with Gasteiger partial charge in [-0.3, -0.25) is 19.7 Å². The summed E-state index contributed by atoms with van der Waals surface area (Å²) in [5, 5.41) is 11.3. The van der Waals surface area contributed by atoms with E-state index in [1.54, 1.807) is 0 Å². The third-order valence-corrected chi connectivity index (χ3v) is 4.87. The van der Waals surface area contributed by atoms with Crippen molar-refractivity contribution in [3.8, 4) is 0 Å². The summed E-state index contributed by atoms with van der Waals surface area (Å²) in [6.45, 7) is 0.198. The molecule has 1 aromatic carbocycles. The van der Waals surface area contributed by atoms with E-state index < -0.39 is 17.4 Å². The number of hydrogen-bond donors (Lipinski definition) is 2. The van der Waals surface area contributed by atoms with Gasteiger partial charge in [-0.2, -0.15) is 0 Å². The fourth-order valence-corrected chi connectivity index (χ4v) is 3.60. The van der Waals surface area contributed by atoms with Crippen LogP contribution in [0, 0.1) is 5.92 Å². The van der Waals surface area contributed by atoms with Gasteiger partial charge in [0.25, 0.3) is 11.8 Å². The fourth-order valence-electron chi connectivity index (χ4n) is 3.60. The van der Waals surface area contributed by atoms with E-state index in [1.807, 2.05) is 0 Å². The van der Waals surface area contributed by atoms with Crippen molar-refractivity contribution in [3.05, 3.63) is 34.9 Å². The van der Waals surface area contributed by atoms with Crippen LogP contribution in [0.2, 0.25) is 0 Å². The average molecular weight is 300 g/mol. The van der Waals surface area contributed by atoms with E-state index >= 15 is 0 Å². The van der Waals surface area contributed by atoms with Crippen LogP contribution in [0.1, 0.15) is 39.1 Å². The lowest BCUT2D eigenvalue weighted by molar-refractivity contribution is -0.160. The first kappa shape index (κ1) is 13.0. The molecular weight excluding hydrogens is 288 g/mol. The zero-order chi connectivity index (χ0) is 15.6. The maximum absolute atomic E-state index is 12.5. The predicted molar refractivity (Wildman–Crippen MR) is 71.9 cm³/mol. The Kier molecular flexibility index (Phi) is 2.33. The number of fused-ring (bicyclic) bond motifs is 3. The first-order valence-electron chi connectivity index (χ1n) is 6.96. The van der Waals surface area contributed by atoms with Crippen LogP contribution in [0.25, 0.3) is 0 Å². The molecule has 3 aliphatic heterocycles. The van der Waals surface area contributed by atoms with Gasteiger partial charge in [-0.1, -0.05) is 0 Å². The van der Waals surface area contributed by atoms with Crippen LogP contribution in [0.3, 0.4) is 0 Å². The molecule has 0 unspecified atom stereocenters. The van der Waals surface area contributed by atoms with Gasteiger partial charge in [-0.25, -0.2) is 4.79 Å². The Morgan fingerprint density at radius 3 is 2.64 bits per heavy atom. The minimum atomic E-state index is -1.06. The van der Waals surface area contributed by atoms with Crippen molar-refractivity contribution < 1.29 is 24.3 Å². The SMILES string of the molecule is O=C(O)c1ccc2c(c1)CN(C13CC(C1)C(=O)NC3=O)C2=O. The molecule has 0 atom stereocenters.